The summed E-state index contributed by atoms with van der Waals surface area (Å²) in [6, 6.07) is 9.82. The van der Waals surface area contributed by atoms with Crippen molar-refractivity contribution in [3.63, 3.8) is 0 Å². The Kier molecular flexibility index (Phi) is 3.90. The molecule has 3 rings (SSSR count). The Morgan fingerprint density at radius 1 is 1.30 bits per heavy atom. The van der Waals surface area contributed by atoms with Gasteiger partial charge >= 0.3 is 0 Å². The Balaban J connectivity index is 1.84. The number of ether oxygens (including phenoxy) is 2. The molecule has 2 nitrogen and oxygen atoms in total. The fourth-order valence-electron chi connectivity index (χ4n) is 2.34. The minimum atomic E-state index is 0.475. The molecular formula is C16H14BrClO2. The van der Waals surface area contributed by atoms with Gasteiger partial charge in [0.05, 0.1) is 6.61 Å². The number of hydrogen-bond donors (Lipinski definition) is 0. The van der Waals surface area contributed by atoms with Crippen LogP contribution in [0, 0.1) is 6.92 Å². The van der Waals surface area contributed by atoms with E-state index in [4.69, 9.17) is 21.1 Å². The maximum absolute atomic E-state index is 6.01. The fraction of sp³-hybridized carbons (Fsp3) is 0.250. The summed E-state index contributed by atoms with van der Waals surface area (Å²) in [5, 5.41) is 0.682. The van der Waals surface area contributed by atoms with Gasteiger partial charge in [-0.2, -0.15) is 0 Å². The van der Waals surface area contributed by atoms with E-state index in [-0.39, 0.29) is 0 Å². The van der Waals surface area contributed by atoms with Gasteiger partial charge in [0.2, 0.25) is 0 Å². The SMILES string of the molecule is Cc1ccc(Cl)cc1OCc1cc(Br)cc2c1OCC2. The molecule has 20 heavy (non-hydrogen) atoms. The summed E-state index contributed by atoms with van der Waals surface area (Å²) in [5.41, 5.74) is 3.37. The molecule has 1 aliphatic heterocycles. The Bertz CT molecular complexity index is 655. The molecule has 4 heteroatoms. The highest BCUT2D eigenvalue weighted by Gasteiger charge is 2.18. The first-order valence-corrected chi connectivity index (χ1v) is 7.63. The molecule has 0 atom stereocenters. The van der Waals surface area contributed by atoms with Crippen molar-refractivity contribution in [2.24, 2.45) is 0 Å². The molecule has 0 saturated heterocycles. The number of hydrogen-bond acceptors (Lipinski definition) is 2. The summed E-state index contributed by atoms with van der Waals surface area (Å²) in [6.07, 6.45) is 0.956. The summed E-state index contributed by atoms with van der Waals surface area (Å²) >= 11 is 9.54. The van der Waals surface area contributed by atoms with Gasteiger partial charge in [0.15, 0.2) is 0 Å². The van der Waals surface area contributed by atoms with Crippen LogP contribution >= 0.6 is 27.5 Å². The average molecular weight is 354 g/mol. The van der Waals surface area contributed by atoms with Gasteiger partial charge in [0.1, 0.15) is 18.1 Å². The summed E-state index contributed by atoms with van der Waals surface area (Å²) in [7, 11) is 0. The van der Waals surface area contributed by atoms with Crippen molar-refractivity contribution in [3.8, 4) is 11.5 Å². The van der Waals surface area contributed by atoms with E-state index in [1.165, 1.54) is 5.56 Å². The van der Waals surface area contributed by atoms with Crippen molar-refractivity contribution in [1.82, 2.24) is 0 Å². The van der Waals surface area contributed by atoms with Crippen LogP contribution in [-0.2, 0) is 13.0 Å². The largest absolute Gasteiger partial charge is 0.493 e. The monoisotopic (exact) mass is 352 g/mol. The predicted octanol–water partition coefficient (Wildman–Crippen LogP) is 4.92. The lowest BCUT2D eigenvalue weighted by molar-refractivity contribution is 0.290. The second-order valence-electron chi connectivity index (χ2n) is 4.85. The number of rotatable bonds is 3. The van der Waals surface area contributed by atoms with Gasteiger partial charge in [-0.15, -0.1) is 0 Å². The molecule has 2 aromatic carbocycles. The van der Waals surface area contributed by atoms with Crippen LogP contribution in [0.5, 0.6) is 11.5 Å². The van der Waals surface area contributed by atoms with Crippen LogP contribution in [0.3, 0.4) is 0 Å². The molecule has 0 radical (unpaired) electrons. The second-order valence-corrected chi connectivity index (χ2v) is 6.20. The molecule has 0 unspecified atom stereocenters. The van der Waals surface area contributed by atoms with E-state index in [2.05, 4.69) is 22.0 Å². The number of fused-ring (bicyclic) bond motifs is 1. The molecule has 2 aromatic rings. The minimum absolute atomic E-state index is 0.475. The summed E-state index contributed by atoms with van der Waals surface area (Å²) < 4.78 is 12.7. The molecular weight excluding hydrogens is 340 g/mol. The van der Waals surface area contributed by atoms with Crippen LogP contribution in [0.15, 0.2) is 34.8 Å². The molecule has 1 heterocycles. The zero-order valence-electron chi connectivity index (χ0n) is 11.1. The zero-order chi connectivity index (χ0) is 14.1. The number of aryl methyl sites for hydroxylation is 1. The maximum atomic E-state index is 6.01. The van der Waals surface area contributed by atoms with Gasteiger partial charge in [0, 0.05) is 21.5 Å². The number of halogens is 2. The molecule has 0 fully saturated rings. The molecule has 0 aliphatic carbocycles. The maximum Gasteiger partial charge on any atom is 0.129 e. The molecule has 104 valence electrons. The zero-order valence-corrected chi connectivity index (χ0v) is 13.4. The normalized spacial score (nSPS) is 12.9. The quantitative estimate of drug-likeness (QED) is 0.779. The highest BCUT2D eigenvalue weighted by Crippen LogP contribution is 2.34. The Hall–Kier alpha value is -1.19. The topological polar surface area (TPSA) is 18.5 Å². The third-order valence-corrected chi connectivity index (χ3v) is 4.05. The first kappa shape index (κ1) is 13.8. The highest BCUT2D eigenvalue weighted by atomic mass is 79.9. The predicted molar refractivity (Wildman–Crippen MR) is 83.9 cm³/mol. The highest BCUT2D eigenvalue weighted by molar-refractivity contribution is 9.10. The van der Waals surface area contributed by atoms with Crippen molar-refractivity contribution in [2.45, 2.75) is 20.0 Å². The van der Waals surface area contributed by atoms with Crippen molar-refractivity contribution in [2.75, 3.05) is 6.61 Å². The first-order chi connectivity index (χ1) is 9.63. The second kappa shape index (κ2) is 5.66. The van der Waals surface area contributed by atoms with Crippen molar-refractivity contribution in [3.05, 3.63) is 56.5 Å². The van der Waals surface area contributed by atoms with E-state index < -0.39 is 0 Å². The van der Waals surface area contributed by atoms with Gasteiger partial charge in [-0.05, 0) is 42.3 Å². The van der Waals surface area contributed by atoms with Gasteiger partial charge in [0.25, 0.3) is 0 Å². The van der Waals surface area contributed by atoms with E-state index in [1.807, 2.05) is 31.2 Å². The molecule has 0 N–H and O–H groups in total. The van der Waals surface area contributed by atoms with Crippen LogP contribution in [0.4, 0.5) is 0 Å². The van der Waals surface area contributed by atoms with E-state index in [0.29, 0.717) is 11.6 Å². The molecule has 0 bridgehead atoms. The van der Waals surface area contributed by atoms with Crippen LogP contribution in [0.1, 0.15) is 16.7 Å². The van der Waals surface area contributed by atoms with Gasteiger partial charge in [-0.1, -0.05) is 33.6 Å². The third kappa shape index (κ3) is 2.79. The standard InChI is InChI=1S/C16H14BrClO2/c1-10-2-3-14(18)8-15(10)20-9-12-7-13(17)6-11-4-5-19-16(11)12/h2-3,6-8H,4-5,9H2,1H3. The van der Waals surface area contributed by atoms with Crippen molar-refractivity contribution < 1.29 is 9.47 Å². The van der Waals surface area contributed by atoms with Crippen LogP contribution in [0.2, 0.25) is 5.02 Å². The molecule has 0 spiro atoms. The van der Waals surface area contributed by atoms with Gasteiger partial charge in [-0.3, -0.25) is 0 Å². The van der Waals surface area contributed by atoms with Crippen molar-refractivity contribution in [1.29, 1.82) is 0 Å². The molecule has 0 saturated carbocycles. The lowest BCUT2D eigenvalue weighted by atomic mass is 10.1. The Labute approximate surface area is 131 Å². The van der Waals surface area contributed by atoms with E-state index in [9.17, 15) is 0 Å². The van der Waals surface area contributed by atoms with E-state index >= 15 is 0 Å². The molecule has 1 aliphatic rings. The smallest absolute Gasteiger partial charge is 0.129 e. The first-order valence-electron chi connectivity index (χ1n) is 6.46. The van der Waals surface area contributed by atoms with Crippen LogP contribution in [0.25, 0.3) is 0 Å². The Morgan fingerprint density at radius 2 is 2.15 bits per heavy atom. The van der Waals surface area contributed by atoms with E-state index in [1.54, 1.807) is 0 Å². The van der Waals surface area contributed by atoms with Crippen LogP contribution < -0.4 is 9.47 Å². The van der Waals surface area contributed by atoms with Crippen molar-refractivity contribution >= 4 is 27.5 Å². The summed E-state index contributed by atoms with van der Waals surface area (Å²) in [5.74, 6) is 1.78. The van der Waals surface area contributed by atoms with E-state index in [0.717, 1.165) is 40.1 Å². The number of benzene rings is 2. The van der Waals surface area contributed by atoms with Gasteiger partial charge in [-0.25, -0.2) is 0 Å². The summed E-state index contributed by atoms with van der Waals surface area (Å²) in [4.78, 5) is 0. The molecule has 0 aromatic heterocycles. The molecule has 0 amide bonds. The Morgan fingerprint density at radius 3 is 3.00 bits per heavy atom. The van der Waals surface area contributed by atoms with Gasteiger partial charge < -0.3 is 9.47 Å². The summed E-state index contributed by atoms with van der Waals surface area (Å²) in [6.45, 7) is 3.23. The average Bonchev–Trinajstić information content (AvgIpc) is 2.87. The van der Waals surface area contributed by atoms with Crippen LogP contribution in [-0.4, -0.2) is 6.61 Å². The fourth-order valence-corrected chi connectivity index (χ4v) is 3.05. The lowest BCUT2D eigenvalue weighted by Crippen LogP contribution is -2.00. The minimum Gasteiger partial charge on any atom is -0.493 e. The lowest BCUT2D eigenvalue weighted by Gasteiger charge is -2.12. The third-order valence-electron chi connectivity index (χ3n) is 3.36.